The first-order chi connectivity index (χ1) is 7.04. The van der Waals surface area contributed by atoms with E-state index in [1.165, 1.54) is 12.8 Å². The minimum absolute atomic E-state index is 0.145. The molecule has 0 aliphatic heterocycles. The lowest BCUT2D eigenvalue weighted by Gasteiger charge is -2.43. The first-order valence-electron chi connectivity index (χ1n) is 6.12. The summed E-state index contributed by atoms with van der Waals surface area (Å²) < 4.78 is 0. The number of carbonyl (C=O) groups excluding carboxylic acids is 1. The minimum atomic E-state index is -0.409. The predicted molar refractivity (Wildman–Crippen MR) is 60.3 cm³/mol. The Labute approximate surface area is 91.8 Å². The zero-order valence-corrected chi connectivity index (χ0v) is 9.75. The monoisotopic (exact) mass is 210 g/mol. The highest BCUT2D eigenvalue weighted by Crippen LogP contribution is 2.38. The van der Waals surface area contributed by atoms with E-state index in [0.717, 1.165) is 25.2 Å². The number of rotatable bonds is 3. The number of primary amides is 1. The van der Waals surface area contributed by atoms with Crippen LogP contribution in [0.4, 0.5) is 0 Å². The lowest BCUT2D eigenvalue weighted by atomic mass is 9.69. The summed E-state index contributed by atoms with van der Waals surface area (Å²) in [5.74, 6) is 0.960. The van der Waals surface area contributed by atoms with E-state index in [2.05, 4.69) is 19.2 Å². The second-order valence-electron chi connectivity index (χ2n) is 5.53. The van der Waals surface area contributed by atoms with Gasteiger partial charge in [0, 0.05) is 6.04 Å². The van der Waals surface area contributed by atoms with Crippen molar-refractivity contribution in [3.63, 3.8) is 0 Å². The average Bonchev–Trinajstić information content (AvgIpc) is 2.93. The quantitative estimate of drug-likeness (QED) is 0.740. The molecule has 0 bridgehead atoms. The Morgan fingerprint density at radius 3 is 2.47 bits per heavy atom. The molecule has 1 amide bonds. The molecule has 2 aliphatic rings. The number of hydrogen-bond donors (Lipinski definition) is 2. The summed E-state index contributed by atoms with van der Waals surface area (Å²) in [4.78, 5) is 11.7. The lowest BCUT2D eigenvalue weighted by Crippen LogP contribution is -2.62. The molecule has 0 heterocycles. The van der Waals surface area contributed by atoms with Gasteiger partial charge in [0.1, 0.15) is 5.54 Å². The smallest absolute Gasteiger partial charge is 0.238 e. The van der Waals surface area contributed by atoms with Gasteiger partial charge in [-0.15, -0.1) is 0 Å². The van der Waals surface area contributed by atoms with E-state index in [1.54, 1.807) is 0 Å². The Morgan fingerprint density at radius 1 is 1.33 bits per heavy atom. The zero-order chi connectivity index (χ0) is 11.1. The number of nitrogens with one attached hydrogen (secondary N) is 1. The molecule has 2 aliphatic carbocycles. The average molecular weight is 210 g/mol. The summed E-state index contributed by atoms with van der Waals surface area (Å²) in [6, 6.07) is 0.549. The zero-order valence-electron chi connectivity index (χ0n) is 9.75. The Bertz CT molecular complexity index is 262. The van der Waals surface area contributed by atoms with Gasteiger partial charge in [-0.25, -0.2) is 0 Å². The van der Waals surface area contributed by atoms with Crippen LogP contribution in [0.15, 0.2) is 0 Å². The SMILES string of the molecule is CC1CCC(NC2CC2)(C(N)=O)C(C)C1. The van der Waals surface area contributed by atoms with Crippen molar-refractivity contribution in [3.05, 3.63) is 0 Å². The van der Waals surface area contributed by atoms with Gasteiger partial charge in [0.2, 0.25) is 5.91 Å². The van der Waals surface area contributed by atoms with E-state index in [0.29, 0.717) is 12.0 Å². The van der Waals surface area contributed by atoms with Gasteiger partial charge in [-0.2, -0.15) is 0 Å². The molecule has 2 rings (SSSR count). The highest BCUT2D eigenvalue weighted by atomic mass is 16.1. The normalized spacial score (nSPS) is 41.5. The first-order valence-corrected chi connectivity index (χ1v) is 6.12. The molecular formula is C12H22N2O. The maximum absolute atomic E-state index is 11.7. The summed E-state index contributed by atoms with van der Waals surface area (Å²) in [6.07, 6.45) is 5.56. The number of nitrogens with two attached hydrogens (primary N) is 1. The van der Waals surface area contributed by atoms with Gasteiger partial charge in [-0.3, -0.25) is 4.79 Å². The third kappa shape index (κ3) is 2.03. The van der Waals surface area contributed by atoms with Crippen LogP contribution in [-0.2, 0) is 4.79 Å². The molecular weight excluding hydrogens is 188 g/mol. The van der Waals surface area contributed by atoms with Crippen molar-refractivity contribution >= 4 is 5.91 Å². The number of amides is 1. The molecule has 15 heavy (non-hydrogen) atoms. The second-order valence-corrected chi connectivity index (χ2v) is 5.53. The second kappa shape index (κ2) is 3.78. The van der Waals surface area contributed by atoms with Gasteiger partial charge >= 0.3 is 0 Å². The van der Waals surface area contributed by atoms with Crippen LogP contribution in [-0.4, -0.2) is 17.5 Å². The molecule has 0 aromatic rings. The van der Waals surface area contributed by atoms with Crippen molar-refractivity contribution in [2.45, 2.75) is 57.5 Å². The fourth-order valence-electron chi connectivity index (χ4n) is 2.89. The van der Waals surface area contributed by atoms with E-state index >= 15 is 0 Å². The van der Waals surface area contributed by atoms with E-state index in [-0.39, 0.29) is 5.91 Å². The minimum Gasteiger partial charge on any atom is -0.368 e. The first kappa shape index (κ1) is 10.9. The van der Waals surface area contributed by atoms with Crippen molar-refractivity contribution in [1.82, 2.24) is 5.32 Å². The summed E-state index contributed by atoms with van der Waals surface area (Å²) in [7, 11) is 0. The number of hydrogen-bond acceptors (Lipinski definition) is 2. The third-order valence-corrected chi connectivity index (χ3v) is 4.11. The molecule has 3 N–H and O–H groups in total. The molecule has 2 saturated carbocycles. The molecule has 0 saturated heterocycles. The van der Waals surface area contributed by atoms with Gasteiger partial charge in [-0.05, 0) is 43.9 Å². The van der Waals surface area contributed by atoms with Crippen LogP contribution in [0.25, 0.3) is 0 Å². The van der Waals surface area contributed by atoms with Crippen LogP contribution in [0.1, 0.15) is 46.0 Å². The van der Waals surface area contributed by atoms with Crippen LogP contribution >= 0.6 is 0 Å². The summed E-state index contributed by atoms with van der Waals surface area (Å²) in [5, 5.41) is 3.50. The molecule has 3 nitrogen and oxygen atoms in total. The van der Waals surface area contributed by atoms with Crippen LogP contribution in [0.2, 0.25) is 0 Å². The molecule has 0 aromatic heterocycles. The number of carbonyl (C=O) groups is 1. The highest BCUT2D eigenvalue weighted by molar-refractivity contribution is 5.85. The molecule has 86 valence electrons. The molecule has 0 aromatic carbocycles. The fraction of sp³-hybridized carbons (Fsp3) is 0.917. The van der Waals surface area contributed by atoms with Crippen LogP contribution in [0, 0.1) is 11.8 Å². The van der Waals surface area contributed by atoms with Crippen molar-refractivity contribution in [1.29, 1.82) is 0 Å². The maximum Gasteiger partial charge on any atom is 0.238 e. The van der Waals surface area contributed by atoms with E-state index in [4.69, 9.17) is 5.73 Å². The Balaban J connectivity index is 2.12. The Kier molecular flexibility index (Phi) is 2.75. The Hall–Kier alpha value is -0.570. The molecule has 3 atom stereocenters. The van der Waals surface area contributed by atoms with Crippen molar-refractivity contribution in [2.75, 3.05) is 0 Å². The predicted octanol–water partition coefficient (Wildman–Crippen LogP) is 1.42. The summed E-state index contributed by atoms with van der Waals surface area (Å²) >= 11 is 0. The van der Waals surface area contributed by atoms with Gasteiger partial charge in [0.25, 0.3) is 0 Å². The highest BCUT2D eigenvalue weighted by Gasteiger charge is 2.47. The fourth-order valence-corrected chi connectivity index (χ4v) is 2.89. The van der Waals surface area contributed by atoms with Crippen LogP contribution in [0.5, 0.6) is 0 Å². The van der Waals surface area contributed by atoms with Gasteiger partial charge < -0.3 is 11.1 Å². The van der Waals surface area contributed by atoms with Crippen LogP contribution in [0.3, 0.4) is 0 Å². The lowest BCUT2D eigenvalue weighted by molar-refractivity contribution is -0.128. The summed E-state index contributed by atoms with van der Waals surface area (Å²) in [5.41, 5.74) is 5.20. The molecule has 2 fully saturated rings. The van der Waals surface area contributed by atoms with Gasteiger partial charge in [0.15, 0.2) is 0 Å². The molecule has 3 heteroatoms. The largest absolute Gasteiger partial charge is 0.368 e. The van der Waals surface area contributed by atoms with Crippen molar-refractivity contribution < 1.29 is 4.79 Å². The van der Waals surface area contributed by atoms with Gasteiger partial charge in [0.05, 0.1) is 0 Å². The Morgan fingerprint density at radius 2 is 2.00 bits per heavy atom. The molecule has 0 radical (unpaired) electrons. The van der Waals surface area contributed by atoms with Crippen molar-refractivity contribution in [3.8, 4) is 0 Å². The van der Waals surface area contributed by atoms with Gasteiger partial charge in [-0.1, -0.05) is 13.8 Å². The van der Waals surface area contributed by atoms with E-state index in [9.17, 15) is 4.79 Å². The summed E-state index contributed by atoms with van der Waals surface area (Å²) in [6.45, 7) is 4.42. The van der Waals surface area contributed by atoms with E-state index < -0.39 is 5.54 Å². The van der Waals surface area contributed by atoms with Crippen LogP contribution < -0.4 is 11.1 Å². The maximum atomic E-state index is 11.7. The molecule has 3 unspecified atom stereocenters. The van der Waals surface area contributed by atoms with Crippen molar-refractivity contribution in [2.24, 2.45) is 17.6 Å². The standard InChI is InChI=1S/C12H22N2O/c1-8-5-6-12(11(13)15,9(2)7-8)14-10-3-4-10/h8-10,14H,3-7H2,1-2H3,(H2,13,15). The topological polar surface area (TPSA) is 55.1 Å². The molecule has 0 spiro atoms. The third-order valence-electron chi connectivity index (χ3n) is 4.11. The van der Waals surface area contributed by atoms with E-state index in [1.807, 2.05) is 0 Å².